The molecule has 0 aromatic rings. The van der Waals surface area contributed by atoms with Crippen molar-refractivity contribution in [3.63, 3.8) is 0 Å². The minimum atomic E-state index is 1.01. The summed E-state index contributed by atoms with van der Waals surface area (Å²) in [4.78, 5) is 0. The first kappa shape index (κ1) is 37.0. The normalized spacial score (nSPS) is 12.4. The molecule has 0 aromatic carbocycles. The Hall–Kier alpha value is 0. The van der Waals surface area contributed by atoms with Gasteiger partial charge in [-0.05, 0) is 5.92 Å². The Balaban J connectivity index is 3.56. The van der Waals surface area contributed by atoms with E-state index in [4.69, 9.17) is 0 Å². The van der Waals surface area contributed by atoms with Crippen molar-refractivity contribution in [2.45, 2.75) is 226 Å². The van der Waals surface area contributed by atoms with Crippen molar-refractivity contribution in [2.24, 2.45) is 5.92 Å². The van der Waals surface area contributed by atoms with Crippen LogP contribution >= 0.6 is 0 Å². The van der Waals surface area contributed by atoms with Gasteiger partial charge >= 0.3 is 0 Å². The van der Waals surface area contributed by atoms with Crippen molar-refractivity contribution in [1.29, 1.82) is 0 Å². The highest BCUT2D eigenvalue weighted by Gasteiger charge is 2.08. The molecule has 37 heavy (non-hydrogen) atoms. The zero-order chi connectivity index (χ0) is 26.9. The highest BCUT2D eigenvalue weighted by molar-refractivity contribution is 4.62. The predicted molar refractivity (Wildman–Crippen MR) is 173 cm³/mol. The van der Waals surface area contributed by atoms with Crippen LogP contribution in [0.2, 0.25) is 0 Å². The Morgan fingerprint density at radius 3 is 0.757 bits per heavy atom. The van der Waals surface area contributed by atoms with Crippen LogP contribution in [0.4, 0.5) is 0 Å². The van der Waals surface area contributed by atoms with Gasteiger partial charge in [0.2, 0.25) is 0 Å². The van der Waals surface area contributed by atoms with Crippen LogP contribution in [0.25, 0.3) is 0 Å². The lowest BCUT2D eigenvalue weighted by Crippen LogP contribution is -2.01. The molecule has 0 saturated carbocycles. The molecule has 0 aliphatic rings. The molecule has 0 fully saturated rings. The maximum absolute atomic E-state index is 4.06. The Morgan fingerprint density at radius 2 is 0.514 bits per heavy atom. The molecule has 0 saturated heterocycles. The van der Waals surface area contributed by atoms with Crippen LogP contribution in [0.5, 0.6) is 0 Å². The summed E-state index contributed by atoms with van der Waals surface area (Å²) in [6.07, 6.45) is 48.1. The summed E-state index contributed by atoms with van der Waals surface area (Å²) in [5.41, 5.74) is 0. The second-order valence-corrected chi connectivity index (χ2v) is 12.6. The summed E-state index contributed by atoms with van der Waals surface area (Å²) < 4.78 is 0. The van der Waals surface area contributed by atoms with Gasteiger partial charge in [-0.2, -0.15) is 0 Å². The molecule has 0 bridgehead atoms. The minimum Gasteiger partial charge on any atom is -0.0654 e. The fourth-order valence-corrected chi connectivity index (χ4v) is 6.12. The molecule has 0 aliphatic heterocycles. The summed E-state index contributed by atoms with van der Waals surface area (Å²) in [5, 5.41) is 0. The van der Waals surface area contributed by atoms with Crippen LogP contribution in [0.15, 0.2) is 0 Å². The molecule has 1 unspecified atom stereocenters. The summed E-state index contributed by atoms with van der Waals surface area (Å²) in [6, 6.07) is 0. The molecule has 223 valence electrons. The van der Waals surface area contributed by atoms with Crippen LogP contribution in [0.3, 0.4) is 0 Å². The average Bonchev–Trinajstić information content (AvgIpc) is 2.91. The molecule has 0 amide bonds. The van der Waals surface area contributed by atoms with Gasteiger partial charge in [0.1, 0.15) is 0 Å². The zero-order valence-electron chi connectivity index (χ0n) is 26.6. The topological polar surface area (TPSA) is 0 Å². The van der Waals surface area contributed by atoms with Gasteiger partial charge in [-0.25, -0.2) is 0 Å². The average molecular weight is 520 g/mol. The van der Waals surface area contributed by atoms with Crippen molar-refractivity contribution < 1.29 is 0 Å². The number of unbranched alkanes of at least 4 members (excludes halogenated alkanes) is 27. The van der Waals surface area contributed by atoms with Crippen molar-refractivity contribution in [3.05, 3.63) is 6.92 Å². The van der Waals surface area contributed by atoms with E-state index in [9.17, 15) is 0 Å². The van der Waals surface area contributed by atoms with Gasteiger partial charge in [-0.1, -0.05) is 233 Å². The lowest BCUT2D eigenvalue weighted by atomic mass is 9.89. The molecule has 0 aliphatic carbocycles. The maximum Gasteiger partial charge on any atom is -0.0414 e. The number of hydrogen-bond acceptors (Lipinski definition) is 0. The molecule has 0 nitrogen and oxygen atoms in total. The predicted octanol–water partition coefficient (Wildman–Crippen LogP) is 14.3. The van der Waals surface area contributed by atoms with E-state index in [1.807, 2.05) is 0 Å². The fraction of sp³-hybridized carbons (Fsp3) is 0.973. The van der Waals surface area contributed by atoms with E-state index in [0.717, 1.165) is 12.3 Å². The molecule has 1 radical (unpaired) electrons. The van der Waals surface area contributed by atoms with E-state index < -0.39 is 0 Å². The molecule has 0 spiro atoms. The molecule has 0 aromatic heterocycles. The third-order valence-corrected chi connectivity index (χ3v) is 8.79. The summed E-state index contributed by atoms with van der Waals surface area (Å²) in [7, 11) is 0. The third kappa shape index (κ3) is 32.1. The molecule has 0 heteroatoms. The molecule has 0 rings (SSSR count). The quantitative estimate of drug-likeness (QED) is 0.0756. The standard InChI is InChI=1S/C37H75/c1-4-7-10-12-14-16-18-20-22-24-26-28-30-33-36-37(34-31-9-6-3)35-32-29-27-25-23-21-19-17-15-13-11-8-5-2/h37H,3-36H2,1-2H3. The van der Waals surface area contributed by atoms with Gasteiger partial charge in [0, 0.05) is 0 Å². The van der Waals surface area contributed by atoms with Crippen molar-refractivity contribution >= 4 is 0 Å². The highest BCUT2D eigenvalue weighted by Crippen LogP contribution is 2.24. The second-order valence-electron chi connectivity index (χ2n) is 12.6. The summed E-state index contributed by atoms with van der Waals surface area (Å²) >= 11 is 0. The van der Waals surface area contributed by atoms with E-state index in [0.29, 0.717) is 0 Å². The molecular formula is C37H75. The minimum absolute atomic E-state index is 1.01. The number of hydrogen-bond donors (Lipinski definition) is 0. The first-order valence-corrected chi connectivity index (χ1v) is 18.1. The van der Waals surface area contributed by atoms with Gasteiger partial charge in [0.25, 0.3) is 0 Å². The zero-order valence-corrected chi connectivity index (χ0v) is 26.6. The van der Waals surface area contributed by atoms with Gasteiger partial charge < -0.3 is 0 Å². The Morgan fingerprint density at radius 1 is 0.297 bits per heavy atom. The van der Waals surface area contributed by atoms with Crippen molar-refractivity contribution in [1.82, 2.24) is 0 Å². The Labute approximate surface area is 238 Å². The van der Waals surface area contributed by atoms with E-state index in [2.05, 4.69) is 20.8 Å². The van der Waals surface area contributed by atoms with Crippen LogP contribution in [0, 0.1) is 12.8 Å². The smallest absolute Gasteiger partial charge is 0.0414 e. The molecule has 0 heterocycles. The van der Waals surface area contributed by atoms with Crippen LogP contribution < -0.4 is 0 Å². The second kappa shape index (κ2) is 34.0. The van der Waals surface area contributed by atoms with Gasteiger partial charge in [0.15, 0.2) is 0 Å². The van der Waals surface area contributed by atoms with Gasteiger partial charge in [-0.3, -0.25) is 0 Å². The monoisotopic (exact) mass is 520 g/mol. The van der Waals surface area contributed by atoms with Crippen LogP contribution in [-0.2, 0) is 0 Å². The third-order valence-electron chi connectivity index (χ3n) is 8.79. The number of rotatable bonds is 33. The Bertz CT molecular complexity index is 372. The fourth-order valence-electron chi connectivity index (χ4n) is 6.12. The lowest BCUT2D eigenvalue weighted by molar-refractivity contribution is 0.368. The molecule has 0 N–H and O–H groups in total. The maximum atomic E-state index is 4.06. The summed E-state index contributed by atoms with van der Waals surface area (Å²) in [6.45, 7) is 8.69. The van der Waals surface area contributed by atoms with Crippen molar-refractivity contribution in [2.75, 3.05) is 0 Å². The first-order chi connectivity index (χ1) is 18.3. The largest absolute Gasteiger partial charge is 0.0654 e. The lowest BCUT2D eigenvalue weighted by Gasteiger charge is -2.17. The highest BCUT2D eigenvalue weighted by atomic mass is 14.1. The molecular weight excluding hydrogens is 444 g/mol. The van der Waals surface area contributed by atoms with E-state index in [-0.39, 0.29) is 0 Å². The SMILES string of the molecule is [CH2]CCCCC(CCCCCCCCCCCCCCC)CCCCCCCCCCCCCCCC. The Kier molecular flexibility index (Phi) is 34.0. The van der Waals surface area contributed by atoms with E-state index in [1.165, 1.54) is 205 Å². The van der Waals surface area contributed by atoms with Gasteiger partial charge in [0.05, 0.1) is 0 Å². The van der Waals surface area contributed by atoms with Crippen LogP contribution in [0.1, 0.15) is 226 Å². The van der Waals surface area contributed by atoms with Crippen molar-refractivity contribution in [3.8, 4) is 0 Å². The van der Waals surface area contributed by atoms with Gasteiger partial charge in [-0.15, -0.1) is 0 Å². The van der Waals surface area contributed by atoms with E-state index in [1.54, 1.807) is 0 Å². The first-order valence-electron chi connectivity index (χ1n) is 18.1. The van der Waals surface area contributed by atoms with Crippen LogP contribution in [-0.4, -0.2) is 0 Å². The van der Waals surface area contributed by atoms with E-state index >= 15 is 0 Å². The molecule has 1 atom stereocenters. The summed E-state index contributed by atoms with van der Waals surface area (Å²) in [5.74, 6) is 1.01.